The number of benzene rings is 7. The van der Waals surface area contributed by atoms with Gasteiger partial charge in [-0.05, 0) is 66.2 Å². The smallest absolute Gasteiger partial charge is 0.101 e. The monoisotopic (exact) mass is 640 g/mol. The fourth-order valence-electron chi connectivity index (χ4n) is 7.70. The average molecular weight is 641 g/mol. The first-order valence-corrected chi connectivity index (χ1v) is 17.0. The Kier molecular flexibility index (Phi) is 5.84. The summed E-state index contributed by atoms with van der Waals surface area (Å²) in [6, 6.07) is 55.3. The molecule has 0 unspecified atom stereocenters. The maximum atomic E-state index is 10.5. The molecule has 49 heavy (non-hydrogen) atoms. The van der Waals surface area contributed by atoms with Crippen molar-refractivity contribution in [2.24, 2.45) is 0 Å². The molecule has 0 aliphatic rings. The molecular weight excluding hydrogens is 617 g/mol. The fraction of sp³-hybridized carbons (Fsp3) is 0. The molecule has 5 heteroatoms. The third-order valence-corrected chi connectivity index (χ3v) is 11.0. The van der Waals surface area contributed by atoms with Crippen LogP contribution in [0.1, 0.15) is 11.1 Å². The zero-order valence-corrected chi connectivity index (χ0v) is 26.9. The largest absolute Gasteiger partial charge is 0.309 e. The summed E-state index contributed by atoms with van der Waals surface area (Å²) >= 11 is 1.85. The van der Waals surface area contributed by atoms with Gasteiger partial charge in [0.2, 0.25) is 0 Å². The van der Waals surface area contributed by atoms with Crippen LogP contribution in [0.15, 0.2) is 146 Å². The van der Waals surface area contributed by atoms with E-state index < -0.39 is 0 Å². The molecule has 10 rings (SSSR count). The van der Waals surface area contributed by atoms with Crippen molar-refractivity contribution in [1.82, 2.24) is 9.13 Å². The Morgan fingerprint density at radius 2 is 1.24 bits per heavy atom. The van der Waals surface area contributed by atoms with Gasteiger partial charge in [0.15, 0.2) is 0 Å². The molecule has 226 valence electrons. The second-order valence-corrected chi connectivity index (χ2v) is 13.4. The summed E-state index contributed by atoms with van der Waals surface area (Å²) in [6.45, 7) is 0. The van der Waals surface area contributed by atoms with E-state index in [0.29, 0.717) is 11.1 Å². The van der Waals surface area contributed by atoms with Gasteiger partial charge < -0.3 is 9.13 Å². The number of fused-ring (bicyclic) bond motifs is 10. The first-order chi connectivity index (χ1) is 24.2. The van der Waals surface area contributed by atoms with E-state index in [-0.39, 0.29) is 0 Å². The minimum absolute atomic E-state index is 0.584. The lowest BCUT2D eigenvalue weighted by Crippen LogP contribution is -2.01. The van der Waals surface area contributed by atoms with E-state index >= 15 is 0 Å². The maximum absolute atomic E-state index is 10.5. The van der Waals surface area contributed by atoms with E-state index in [1.165, 1.54) is 36.5 Å². The minimum Gasteiger partial charge on any atom is -0.309 e. The highest BCUT2D eigenvalue weighted by Gasteiger charge is 2.22. The van der Waals surface area contributed by atoms with Crippen molar-refractivity contribution < 1.29 is 0 Å². The quantitative estimate of drug-likeness (QED) is 0.193. The van der Waals surface area contributed by atoms with E-state index in [2.05, 4.69) is 124 Å². The van der Waals surface area contributed by atoms with E-state index in [1.54, 1.807) is 0 Å². The number of aromatic nitrogens is 2. The molecule has 7 aromatic carbocycles. The summed E-state index contributed by atoms with van der Waals surface area (Å²) < 4.78 is 7.14. The Hall–Kier alpha value is -6.66. The molecule has 0 aliphatic heterocycles. The van der Waals surface area contributed by atoms with Crippen molar-refractivity contribution in [3.05, 3.63) is 157 Å². The summed E-state index contributed by atoms with van der Waals surface area (Å²) in [5.41, 5.74) is 9.32. The van der Waals surface area contributed by atoms with Crippen LogP contribution in [0, 0.1) is 22.7 Å². The van der Waals surface area contributed by atoms with E-state index in [1.807, 2.05) is 53.8 Å². The van der Waals surface area contributed by atoms with Gasteiger partial charge in [0.1, 0.15) is 6.07 Å². The van der Waals surface area contributed by atoms with Crippen molar-refractivity contribution in [3.8, 4) is 34.6 Å². The third-order valence-electron chi connectivity index (χ3n) is 9.78. The van der Waals surface area contributed by atoms with Crippen molar-refractivity contribution in [2.75, 3.05) is 0 Å². The standard InChI is InChI=1S/C44H24N4S/c45-25-27-17-21-38-36(23-27)32-12-4-6-15-37(32)48(38)43-29(26-46)9-8-14-31(43)28-18-19-35-40(24-28)47(30-10-2-1-3-11-30)39-22-20-34-33-13-5-7-16-41(33)49-44(34)42(35)39/h1-24H. The minimum atomic E-state index is 0.584. The molecule has 0 N–H and O–H groups in total. The molecule has 0 bridgehead atoms. The highest BCUT2D eigenvalue weighted by Crippen LogP contribution is 2.45. The number of thiophene rings is 1. The fourth-order valence-corrected chi connectivity index (χ4v) is 8.96. The summed E-state index contributed by atoms with van der Waals surface area (Å²) in [5, 5.41) is 27.3. The van der Waals surface area contributed by atoms with Crippen molar-refractivity contribution in [2.45, 2.75) is 0 Å². The molecule has 0 amide bonds. The van der Waals surface area contributed by atoms with Crippen LogP contribution in [0.2, 0.25) is 0 Å². The molecule has 0 saturated carbocycles. The van der Waals surface area contributed by atoms with Crippen LogP contribution in [0.25, 0.3) is 86.3 Å². The van der Waals surface area contributed by atoms with E-state index in [0.717, 1.165) is 49.8 Å². The molecule has 0 atom stereocenters. The van der Waals surface area contributed by atoms with Gasteiger partial charge in [-0.25, -0.2) is 0 Å². The Morgan fingerprint density at radius 3 is 2.10 bits per heavy atom. The summed E-state index contributed by atoms with van der Waals surface area (Å²) in [5.74, 6) is 0. The van der Waals surface area contributed by atoms with Crippen LogP contribution in [0.4, 0.5) is 0 Å². The topological polar surface area (TPSA) is 57.4 Å². The number of rotatable bonds is 3. The number of hydrogen-bond acceptors (Lipinski definition) is 3. The van der Waals surface area contributed by atoms with Crippen LogP contribution < -0.4 is 0 Å². The predicted molar refractivity (Wildman–Crippen MR) is 203 cm³/mol. The lowest BCUT2D eigenvalue weighted by molar-refractivity contribution is 1.17. The molecule has 10 aromatic rings. The Balaban J connectivity index is 1.31. The van der Waals surface area contributed by atoms with Crippen LogP contribution in [-0.4, -0.2) is 9.13 Å². The molecule has 0 spiro atoms. The normalized spacial score (nSPS) is 11.6. The molecule has 0 radical (unpaired) electrons. The molecule has 0 saturated heterocycles. The van der Waals surface area contributed by atoms with Gasteiger partial charge in [0.25, 0.3) is 0 Å². The first-order valence-electron chi connectivity index (χ1n) is 16.1. The second-order valence-electron chi connectivity index (χ2n) is 12.3. The van der Waals surface area contributed by atoms with Gasteiger partial charge in [-0.3, -0.25) is 0 Å². The Morgan fingerprint density at radius 1 is 0.490 bits per heavy atom. The van der Waals surface area contributed by atoms with Crippen LogP contribution in [0.5, 0.6) is 0 Å². The van der Waals surface area contributed by atoms with Gasteiger partial charge in [0, 0.05) is 53.0 Å². The van der Waals surface area contributed by atoms with Gasteiger partial charge in [-0.1, -0.05) is 84.9 Å². The van der Waals surface area contributed by atoms with Gasteiger partial charge >= 0.3 is 0 Å². The SMILES string of the molecule is N#Cc1ccc2c(c1)c1ccccc1n2-c1c(C#N)cccc1-c1ccc2c3c4sc5ccccc5c4ccc3n(-c3ccccc3)c2c1. The van der Waals surface area contributed by atoms with Crippen LogP contribution in [-0.2, 0) is 0 Å². The Labute approximate surface area is 285 Å². The molecule has 3 aromatic heterocycles. The molecule has 4 nitrogen and oxygen atoms in total. The highest BCUT2D eigenvalue weighted by atomic mass is 32.1. The average Bonchev–Trinajstić information content (AvgIpc) is 3.81. The van der Waals surface area contributed by atoms with Crippen molar-refractivity contribution in [1.29, 1.82) is 10.5 Å². The van der Waals surface area contributed by atoms with Gasteiger partial charge in [0.05, 0.1) is 45.0 Å². The number of hydrogen-bond donors (Lipinski definition) is 0. The summed E-state index contributed by atoms with van der Waals surface area (Å²) in [6.07, 6.45) is 0. The first kappa shape index (κ1) is 27.5. The number of para-hydroxylation sites is 3. The number of nitrogens with zero attached hydrogens (tertiary/aromatic N) is 4. The highest BCUT2D eigenvalue weighted by molar-refractivity contribution is 7.26. The Bertz CT molecular complexity index is 3070. The second kappa shape index (κ2) is 10.4. The summed E-state index contributed by atoms with van der Waals surface area (Å²) in [4.78, 5) is 0. The van der Waals surface area contributed by atoms with E-state index in [9.17, 15) is 10.5 Å². The molecule has 0 fully saturated rings. The van der Waals surface area contributed by atoms with Crippen LogP contribution in [0.3, 0.4) is 0 Å². The zero-order valence-electron chi connectivity index (χ0n) is 26.1. The van der Waals surface area contributed by atoms with Crippen molar-refractivity contribution >= 4 is 75.1 Å². The van der Waals surface area contributed by atoms with Gasteiger partial charge in [-0.2, -0.15) is 10.5 Å². The lowest BCUT2D eigenvalue weighted by Gasteiger charge is -2.16. The molecular formula is C44H24N4S. The number of nitriles is 2. The summed E-state index contributed by atoms with van der Waals surface area (Å²) in [7, 11) is 0. The molecule has 3 heterocycles. The maximum Gasteiger partial charge on any atom is 0.101 e. The third kappa shape index (κ3) is 3.88. The molecule has 0 aliphatic carbocycles. The predicted octanol–water partition coefficient (Wildman–Crippen LogP) is 11.7. The van der Waals surface area contributed by atoms with Crippen LogP contribution >= 0.6 is 11.3 Å². The van der Waals surface area contributed by atoms with Crippen molar-refractivity contribution in [3.63, 3.8) is 0 Å². The lowest BCUT2D eigenvalue weighted by atomic mass is 9.98. The van der Waals surface area contributed by atoms with E-state index in [4.69, 9.17) is 0 Å². The zero-order chi connectivity index (χ0) is 32.6. The van der Waals surface area contributed by atoms with Gasteiger partial charge in [-0.15, -0.1) is 11.3 Å².